The normalized spacial score (nSPS) is 19.6. The predicted molar refractivity (Wildman–Crippen MR) is 68.5 cm³/mol. The summed E-state index contributed by atoms with van der Waals surface area (Å²) in [6.07, 6.45) is 1.41. The highest BCUT2D eigenvalue weighted by molar-refractivity contribution is 5.55. The summed E-state index contributed by atoms with van der Waals surface area (Å²) < 4.78 is 11.5. The summed E-state index contributed by atoms with van der Waals surface area (Å²) in [6.45, 7) is 5.89. The van der Waals surface area contributed by atoms with E-state index in [1.807, 2.05) is 32.0 Å². The van der Waals surface area contributed by atoms with Crippen molar-refractivity contribution >= 4 is 5.69 Å². The van der Waals surface area contributed by atoms with Crippen LogP contribution in [-0.4, -0.2) is 25.3 Å². The van der Waals surface area contributed by atoms with Crippen LogP contribution in [0.3, 0.4) is 0 Å². The van der Waals surface area contributed by atoms with Gasteiger partial charge in [-0.15, -0.1) is 0 Å². The number of hydrogen-bond donors (Lipinski definition) is 2. The fourth-order valence-electron chi connectivity index (χ4n) is 1.87. The molecule has 1 fully saturated rings. The molecule has 94 valence electrons. The van der Waals surface area contributed by atoms with Crippen LogP contribution in [0, 0.1) is 0 Å². The molecule has 17 heavy (non-hydrogen) atoms. The van der Waals surface area contributed by atoms with Crippen LogP contribution in [0.5, 0.6) is 11.5 Å². The largest absolute Gasteiger partial charge is 0.489 e. The average Bonchev–Trinajstić information content (AvgIpc) is 2.75. The van der Waals surface area contributed by atoms with E-state index in [4.69, 9.17) is 15.2 Å². The van der Waals surface area contributed by atoms with E-state index in [1.54, 1.807) is 0 Å². The maximum atomic E-state index is 5.85. The Bertz CT molecular complexity index is 374. The lowest BCUT2D eigenvalue weighted by atomic mass is 10.2. The zero-order valence-corrected chi connectivity index (χ0v) is 10.4. The highest BCUT2D eigenvalue weighted by Gasteiger charge is 2.16. The van der Waals surface area contributed by atoms with Crippen LogP contribution in [-0.2, 0) is 0 Å². The van der Waals surface area contributed by atoms with Gasteiger partial charge < -0.3 is 20.5 Å². The van der Waals surface area contributed by atoms with Gasteiger partial charge in [0.2, 0.25) is 0 Å². The van der Waals surface area contributed by atoms with E-state index < -0.39 is 0 Å². The van der Waals surface area contributed by atoms with Crippen molar-refractivity contribution in [2.24, 2.45) is 0 Å². The van der Waals surface area contributed by atoms with E-state index in [9.17, 15) is 0 Å². The second-order valence-corrected chi connectivity index (χ2v) is 4.60. The monoisotopic (exact) mass is 236 g/mol. The Morgan fingerprint density at radius 1 is 1.41 bits per heavy atom. The predicted octanol–water partition coefficient (Wildman–Crippen LogP) is 1.80. The van der Waals surface area contributed by atoms with Gasteiger partial charge in [-0.25, -0.2) is 0 Å². The van der Waals surface area contributed by atoms with Crippen molar-refractivity contribution in [2.45, 2.75) is 32.5 Å². The number of nitrogen functional groups attached to an aromatic ring is 1. The van der Waals surface area contributed by atoms with Crippen molar-refractivity contribution in [3.63, 3.8) is 0 Å². The Morgan fingerprint density at radius 2 is 2.24 bits per heavy atom. The third kappa shape index (κ3) is 3.27. The molecule has 4 nitrogen and oxygen atoms in total. The first-order valence-corrected chi connectivity index (χ1v) is 6.08. The Morgan fingerprint density at radius 3 is 2.88 bits per heavy atom. The minimum absolute atomic E-state index is 0.112. The zero-order valence-electron chi connectivity index (χ0n) is 10.4. The van der Waals surface area contributed by atoms with Crippen molar-refractivity contribution in [2.75, 3.05) is 18.8 Å². The zero-order chi connectivity index (χ0) is 12.3. The molecule has 0 spiro atoms. The summed E-state index contributed by atoms with van der Waals surface area (Å²) in [5.41, 5.74) is 6.50. The lowest BCUT2D eigenvalue weighted by Crippen LogP contribution is -2.19. The highest BCUT2D eigenvalue weighted by Crippen LogP contribution is 2.28. The molecule has 1 heterocycles. The molecule has 0 saturated carbocycles. The van der Waals surface area contributed by atoms with Gasteiger partial charge in [0.15, 0.2) is 0 Å². The number of nitrogens with one attached hydrogen (secondary N) is 1. The van der Waals surface area contributed by atoms with Gasteiger partial charge in [0.25, 0.3) is 0 Å². The van der Waals surface area contributed by atoms with Crippen LogP contribution >= 0.6 is 0 Å². The van der Waals surface area contributed by atoms with Crippen LogP contribution in [0.15, 0.2) is 18.2 Å². The Balaban J connectivity index is 2.06. The van der Waals surface area contributed by atoms with Crippen molar-refractivity contribution in [3.8, 4) is 11.5 Å². The lowest BCUT2D eigenvalue weighted by Gasteiger charge is -2.16. The number of anilines is 1. The lowest BCUT2D eigenvalue weighted by molar-refractivity contribution is 0.217. The van der Waals surface area contributed by atoms with Gasteiger partial charge in [-0.3, -0.25) is 0 Å². The van der Waals surface area contributed by atoms with Gasteiger partial charge >= 0.3 is 0 Å². The van der Waals surface area contributed by atoms with Crippen molar-refractivity contribution in [3.05, 3.63) is 18.2 Å². The topological polar surface area (TPSA) is 56.5 Å². The molecule has 1 atom stereocenters. The van der Waals surface area contributed by atoms with Crippen LogP contribution in [0.25, 0.3) is 0 Å². The Hall–Kier alpha value is -1.42. The smallest absolute Gasteiger partial charge is 0.146 e. The number of rotatable bonds is 4. The maximum Gasteiger partial charge on any atom is 0.146 e. The third-order valence-corrected chi connectivity index (χ3v) is 2.67. The summed E-state index contributed by atoms with van der Waals surface area (Å²) in [6, 6.07) is 5.59. The molecule has 0 aromatic heterocycles. The minimum atomic E-state index is 0.112. The van der Waals surface area contributed by atoms with Crippen LogP contribution in [0.4, 0.5) is 5.69 Å². The van der Waals surface area contributed by atoms with Gasteiger partial charge in [-0.1, -0.05) is 0 Å². The average molecular weight is 236 g/mol. The second kappa shape index (κ2) is 5.27. The van der Waals surface area contributed by atoms with E-state index >= 15 is 0 Å². The molecule has 1 aromatic rings. The van der Waals surface area contributed by atoms with E-state index in [1.165, 1.54) is 0 Å². The standard InChI is InChI=1S/C13H20N2O2/c1-9(2)16-13-7-10(3-4-12(13)14)17-11-5-6-15-8-11/h3-4,7,9,11,15H,5-6,8,14H2,1-2H3. The molecule has 3 N–H and O–H groups in total. The first kappa shape index (κ1) is 12.0. The highest BCUT2D eigenvalue weighted by atomic mass is 16.5. The first-order chi connectivity index (χ1) is 8.15. The Kier molecular flexibility index (Phi) is 3.74. The molecule has 1 aliphatic rings. The number of ether oxygens (including phenoxy) is 2. The molecule has 2 rings (SSSR count). The van der Waals surface area contributed by atoms with Gasteiger partial charge in [-0.05, 0) is 38.9 Å². The fraction of sp³-hybridized carbons (Fsp3) is 0.538. The molecular formula is C13H20N2O2. The molecule has 0 bridgehead atoms. The molecule has 0 aliphatic carbocycles. The first-order valence-electron chi connectivity index (χ1n) is 6.08. The van der Waals surface area contributed by atoms with Gasteiger partial charge in [0.1, 0.15) is 17.6 Å². The van der Waals surface area contributed by atoms with Crippen LogP contribution in [0.1, 0.15) is 20.3 Å². The maximum absolute atomic E-state index is 5.85. The SMILES string of the molecule is CC(C)Oc1cc(OC2CCNC2)ccc1N. The van der Waals surface area contributed by atoms with Crippen LogP contribution in [0.2, 0.25) is 0 Å². The van der Waals surface area contributed by atoms with E-state index in [0.717, 1.165) is 25.3 Å². The Labute approximate surface area is 102 Å². The van der Waals surface area contributed by atoms with Gasteiger partial charge in [0, 0.05) is 12.6 Å². The third-order valence-electron chi connectivity index (χ3n) is 2.67. The van der Waals surface area contributed by atoms with Gasteiger partial charge in [0.05, 0.1) is 11.8 Å². The molecular weight excluding hydrogens is 216 g/mol. The summed E-state index contributed by atoms with van der Waals surface area (Å²) in [7, 11) is 0. The molecule has 4 heteroatoms. The quantitative estimate of drug-likeness (QED) is 0.783. The molecule has 1 aromatic carbocycles. The summed E-state index contributed by atoms with van der Waals surface area (Å²) in [5, 5.41) is 3.27. The van der Waals surface area contributed by atoms with Crippen molar-refractivity contribution in [1.82, 2.24) is 5.32 Å². The second-order valence-electron chi connectivity index (χ2n) is 4.60. The molecule has 0 radical (unpaired) electrons. The molecule has 0 amide bonds. The van der Waals surface area contributed by atoms with E-state index in [2.05, 4.69) is 5.32 Å². The van der Waals surface area contributed by atoms with E-state index in [0.29, 0.717) is 11.4 Å². The molecule has 1 aliphatic heterocycles. The molecule has 1 saturated heterocycles. The van der Waals surface area contributed by atoms with Gasteiger partial charge in [-0.2, -0.15) is 0 Å². The van der Waals surface area contributed by atoms with E-state index in [-0.39, 0.29) is 12.2 Å². The summed E-state index contributed by atoms with van der Waals surface area (Å²) >= 11 is 0. The molecule has 1 unspecified atom stereocenters. The van der Waals surface area contributed by atoms with Crippen molar-refractivity contribution in [1.29, 1.82) is 0 Å². The summed E-state index contributed by atoms with van der Waals surface area (Å²) in [4.78, 5) is 0. The summed E-state index contributed by atoms with van der Waals surface area (Å²) in [5.74, 6) is 1.52. The number of hydrogen-bond acceptors (Lipinski definition) is 4. The number of nitrogens with two attached hydrogens (primary N) is 1. The number of benzene rings is 1. The minimum Gasteiger partial charge on any atom is -0.489 e. The van der Waals surface area contributed by atoms with Crippen LogP contribution < -0.4 is 20.5 Å². The fourth-order valence-corrected chi connectivity index (χ4v) is 1.87. The van der Waals surface area contributed by atoms with Crippen molar-refractivity contribution < 1.29 is 9.47 Å².